The molecule has 0 aliphatic carbocycles. The minimum Gasteiger partial charge on any atom is -0.494 e. The van der Waals surface area contributed by atoms with Crippen LogP contribution < -0.4 is 20.9 Å². The van der Waals surface area contributed by atoms with Gasteiger partial charge in [-0.1, -0.05) is 31.0 Å². The van der Waals surface area contributed by atoms with Crippen molar-refractivity contribution in [3.8, 4) is 17.0 Å². The second kappa shape index (κ2) is 16.0. The minimum atomic E-state index is -0.386. The van der Waals surface area contributed by atoms with Gasteiger partial charge in [-0.2, -0.15) is 10.1 Å². The van der Waals surface area contributed by atoms with Crippen LogP contribution in [0.5, 0.6) is 5.75 Å². The number of rotatable bonds is 17. The lowest BCUT2D eigenvalue weighted by atomic mass is 10.1. The number of aromatic nitrogens is 5. The van der Waals surface area contributed by atoms with Crippen LogP contribution in [0.2, 0.25) is 0 Å². The van der Waals surface area contributed by atoms with Crippen LogP contribution in [0.3, 0.4) is 0 Å². The summed E-state index contributed by atoms with van der Waals surface area (Å²) < 4.78 is 7.71. The molecular weight excluding hydrogens is 572 g/mol. The van der Waals surface area contributed by atoms with Gasteiger partial charge in [0.2, 0.25) is 17.8 Å². The van der Waals surface area contributed by atoms with Crippen molar-refractivity contribution in [3.63, 3.8) is 0 Å². The Bertz CT molecular complexity index is 1670. The molecule has 5 rings (SSSR count). The van der Waals surface area contributed by atoms with E-state index in [9.17, 15) is 9.59 Å². The minimum absolute atomic E-state index is 0.0601. The molecule has 0 aliphatic rings. The molecular formula is C33H38N8O4. The summed E-state index contributed by atoms with van der Waals surface area (Å²) in [5, 5.41) is 20.2. The molecule has 2 amide bonds. The van der Waals surface area contributed by atoms with Gasteiger partial charge >= 0.3 is 0 Å². The van der Waals surface area contributed by atoms with Crippen molar-refractivity contribution in [2.24, 2.45) is 0 Å². The number of unbranched alkanes of at least 4 members (excludes halogenated alkanes) is 4. The zero-order valence-electron chi connectivity index (χ0n) is 25.0. The number of nitrogens with one attached hydrogen (secondary N) is 4. The number of para-hydroxylation sites is 1. The van der Waals surface area contributed by atoms with Crippen molar-refractivity contribution in [1.82, 2.24) is 30.2 Å². The molecule has 0 saturated carbocycles. The molecule has 12 nitrogen and oxygen atoms in total. The van der Waals surface area contributed by atoms with Crippen LogP contribution in [0, 0.1) is 0 Å². The van der Waals surface area contributed by atoms with E-state index in [2.05, 4.69) is 25.7 Å². The van der Waals surface area contributed by atoms with Gasteiger partial charge in [0.05, 0.1) is 18.5 Å². The fourth-order valence-corrected chi connectivity index (χ4v) is 4.88. The molecule has 2 aromatic carbocycles. The third-order valence-electron chi connectivity index (χ3n) is 7.22. The zero-order chi connectivity index (χ0) is 31.3. The van der Waals surface area contributed by atoms with Gasteiger partial charge in [0.15, 0.2) is 0 Å². The van der Waals surface area contributed by atoms with Crippen LogP contribution in [-0.2, 0) is 16.1 Å². The van der Waals surface area contributed by atoms with E-state index >= 15 is 0 Å². The predicted octanol–water partition coefficient (Wildman–Crippen LogP) is 6.21. The normalized spacial score (nSPS) is 11.0. The lowest BCUT2D eigenvalue weighted by Gasteiger charge is -2.09. The number of ether oxygens (including phenoxy) is 1. The van der Waals surface area contributed by atoms with Crippen LogP contribution in [0.1, 0.15) is 51.4 Å². The Labute approximate surface area is 261 Å². The van der Waals surface area contributed by atoms with Gasteiger partial charge < -0.3 is 20.4 Å². The number of carbonyl (C=O) groups excluding carboxylic acids is 2. The summed E-state index contributed by atoms with van der Waals surface area (Å²) in [6, 6.07) is 19.2. The number of carbonyl (C=O) groups is 2. The SMILES string of the molecule is O=C(CCCCCCC(=O)Nc1ccc(Nc2nc(-c3cnn(CCCCOc4ccccc4)c3)c3cc[nH]c3n2)cc1)NO. The second-order valence-corrected chi connectivity index (χ2v) is 10.7. The Morgan fingerprint density at radius 1 is 0.844 bits per heavy atom. The molecule has 45 heavy (non-hydrogen) atoms. The van der Waals surface area contributed by atoms with E-state index in [0.717, 1.165) is 66.7 Å². The molecule has 0 bridgehead atoms. The number of nitrogens with zero attached hydrogens (tertiary/aromatic N) is 4. The highest BCUT2D eigenvalue weighted by Gasteiger charge is 2.13. The van der Waals surface area contributed by atoms with Crippen LogP contribution in [0.25, 0.3) is 22.3 Å². The average molecular weight is 611 g/mol. The summed E-state index contributed by atoms with van der Waals surface area (Å²) in [5.74, 6) is 0.881. The molecule has 0 unspecified atom stereocenters. The first kappa shape index (κ1) is 31.2. The van der Waals surface area contributed by atoms with Gasteiger partial charge in [-0.15, -0.1) is 0 Å². The maximum absolute atomic E-state index is 12.3. The van der Waals surface area contributed by atoms with Crippen molar-refractivity contribution < 1.29 is 19.5 Å². The molecule has 0 spiro atoms. The third kappa shape index (κ3) is 9.38. The van der Waals surface area contributed by atoms with E-state index in [1.807, 2.05) is 83.9 Å². The zero-order valence-corrected chi connectivity index (χ0v) is 25.0. The lowest BCUT2D eigenvalue weighted by molar-refractivity contribution is -0.129. The van der Waals surface area contributed by atoms with E-state index in [0.29, 0.717) is 36.7 Å². The Hall–Kier alpha value is -5.23. The van der Waals surface area contributed by atoms with Crippen molar-refractivity contribution in [2.45, 2.75) is 57.9 Å². The predicted molar refractivity (Wildman–Crippen MR) is 172 cm³/mol. The number of aryl methyl sites for hydroxylation is 1. The third-order valence-corrected chi connectivity index (χ3v) is 7.22. The van der Waals surface area contributed by atoms with E-state index < -0.39 is 0 Å². The van der Waals surface area contributed by atoms with Gasteiger partial charge in [-0.25, -0.2) is 10.5 Å². The maximum atomic E-state index is 12.3. The van der Waals surface area contributed by atoms with E-state index in [1.54, 1.807) is 5.48 Å². The number of aromatic amines is 1. The first-order valence-corrected chi connectivity index (χ1v) is 15.2. The molecule has 5 N–H and O–H groups in total. The van der Waals surface area contributed by atoms with Crippen LogP contribution in [-0.4, -0.2) is 48.4 Å². The molecule has 0 radical (unpaired) electrons. The van der Waals surface area contributed by atoms with Crippen LogP contribution >= 0.6 is 0 Å². The summed E-state index contributed by atoms with van der Waals surface area (Å²) in [6.07, 6.45) is 11.3. The molecule has 0 saturated heterocycles. The van der Waals surface area contributed by atoms with E-state index in [-0.39, 0.29) is 18.2 Å². The van der Waals surface area contributed by atoms with Crippen molar-refractivity contribution in [1.29, 1.82) is 0 Å². The maximum Gasteiger partial charge on any atom is 0.243 e. The highest BCUT2D eigenvalue weighted by atomic mass is 16.5. The summed E-state index contributed by atoms with van der Waals surface area (Å²) in [6.45, 7) is 1.44. The number of amides is 2. The lowest BCUT2D eigenvalue weighted by Crippen LogP contribution is -2.17. The molecule has 0 fully saturated rings. The van der Waals surface area contributed by atoms with Gasteiger partial charge in [0, 0.05) is 54.1 Å². The fourth-order valence-electron chi connectivity index (χ4n) is 4.88. The largest absolute Gasteiger partial charge is 0.494 e. The molecule has 0 aliphatic heterocycles. The standard InChI is InChI=1S/C33H38N8O4/c42-29(12-6-1-2-7-13-30(43)40-44)36-25-14-16-26(17-15-25)37-33-38-31(28-18-19-34-32(28)39-33)24-22-35-41(23-24)20-8-9-21-45-27-10-4-3-5-11-27/h3-5,10-11,14-19,22-23,44H,1-2,6-9,12-13,20-21H2,(H,36,42)(H,40,43)(H2,34,37,38,39). The number of anilines is 3. The van der Waals surface area contributed by atoms with Gasteiger partial charge in [0.25, 0.3) is 0 Å². The van der Waals surface area contributed by atoms with E-state index in [4.69, 9.17) is 14.9 Å². The Balaban J connectivity index is 1.12. The average Bonchev–Trinajstić information content (AvgIpc) is 3.73. The van der Waals surface area contributed by atoms with Gasteiger partial charge in [-0.05, 0) is 68.1 Å². The highest BCUT2D eigenvalue weighted by Crippen LogP contribution is 2.28. The Kier molecular flexibility index (Phi) is 11.1. The van der Waals surface area contributed by atoms with Gasteiger partial charge in [-0.3, -0.25) is 19.5 Å². The first-order valence-electron chi connectivity index (χ1n) is 15.2. The summed E-state index contributed by atoms with van der Waals surface area (Å²) in [7, 11) is 0. The highest BCUT2D eigenvalue weighted by molar-refractivity contribution is 5.92. The van der Waals surface area contributed by atoms with E-state index in [1.165, 1.54) is 0 Å². The quantitative estimate of drug-likeness (QED) is 0.0472. The first-order chi connectivity index (χ1) is 22.1. The fraction of sp³-hybridized carbons (Fsp3) is 0.303. The summed E-state index contributed by atoms with van der Waals surface area (Å²) >= 11 is 0. The van der Waals surface area contributed by atoms with Crippen molar-refractivity contribution in [3.05, 3.63) is 79.3 Å². The van der Waals surface area contributed by atoms with Crippen LogP contribution in [0.4, 0.5) is 17.3 Å². The smallest absolute Gasteiger partial charge is 0.243 e. The van der Waals surface area contributed by atoms with Crippen molar-refractivity contribution >= 4 is 40.2 Å². The molecule has 234 valence electrons. The monoisotopic (exact) mass is 610 g/mol. The Morgan fingerprint density at radius 2 is 1.60 bits per heavy atom. The Morgan fingerprint density at radius 3 is 2.38 bits per heavy atom. The second-order valence-electron chi connectivity index (χ2n) is 10.7. The van der Waals surface area contributed by atoms with Crippen LogP contribution in [0.15, 0.2) is 79.3 Å². The molecule has 12 heteroatoms. The summed E-state index contributed by atoms with van der Waals surface area (Å²) in [5.41, 5.74) is 5.51. The number of benzene rings is 2. The topological polar surface area (TPSA) is 159 Å². The number of H-pyrrole nitrogens is 1. The number of hydrogen-bond acceptors (Lipinski definition) is 8. The summed E-state index contributed by atoms with van der Waals surface area (Å²) in [4.78, 5) is 36.0. The van der Waals surface area contributed by atoms with Crippen molar-refractivity contribution in [2.75, 3.05) is 17.2 Å². The molecule has 3 heterocycles. The number of fused-ring (bicyclic) bond motifs is 1. The molecule has 3 aromatic heterocycles. The number of hydrogen-bond donors (Lipinski definition) is 5. The number of hydroxylamine groups is 1. The van der Waals surface area contributed by atoms with Gasteiger partial charge in [0.1, 0.15) is 11.4 Å². The molecule has 5 aromatic rings. The molecule has 0 atom stereocenters.